The van der Waals surface area contributed by atoms with Crippen molar-refractivity contribution < 1.29 is 27.5 Å². The zero-order chi connectivity index (χ0) is 20.4. The molecule has 150 valence electrons. The molecule has 0 radical (unpaired) electrons. The Kier molecular flexibility index (Phi) is 7.86. The van der Waals surface area contributed by atoms with Crippen molar-refractivity contribution in [3.63, 3.8) is 0 Å². The van der Waals surface area contributed by atoms with Crippen molar-refractivity contribution in [3.8, 4) is 5.75 Å². The number of halogens is 3. The van der Waals surface area contributed by atoms with E-state index in [1.165, 1.54) is 12.1 Å². The summed E-state index contributed by atoms with van der Waals surface area (Å²) in [6.07, 6.45) is -3.71. The first-order chi connectivity index (χ1) is 13.3. The van der Waals surface area contributed by atoms with Crippen LogP contribution in [0.15, 0.2) is 54.6 Å². The van der Waals surface area contributed by atoms with Crippen LogP contribution >= 0.6 is 0 Å². The van der Waals surface area contributed by atoms with Crippen LogP contribution in [0.5, 0.6) is 5.75 Å². The predicted molar refractivity (Wildman–Crippen MR) is 97.8 cm³/mol. The summed E-state index contributed by atoms with van der Waals surface area (Å²) in [6.45, 7) is -0.822. The zero-order valence-corrected chi connectivity index (χ0v) is 15.1. The predicted octanol–water partition coefficient (Wildman–Crippen LogP) is 3.45. The van der Waals surface area contributed by atoms with E-state index in [1.54, 1.807) is 36.4 Å². The van der Waals surface area contributed by atoms with E-state index in [0.717, 1.165) is 0 Å². The molecule has 0 aliphatic heterocycles. The van der Waals surface area contributed by atoms with Gasteiger partial charge in [0.2, 0.25) is 5.91 Å². The Bertz CT molecular complexity index is 780. The number of nitrogens with one attached hydrogen (secondary N) is 2. The molecule has 5 nitrogen and oxygen atoms in total. The van der Waals surface area contributed by atoms with E-state index in [4.69, 9.17) is 0 Å². The molecule has 2 rings (SSSR count). The van der Waals surface area contributed by atoms with Crippen molar-refractivity contribution in [2.45, 2.75) is 25.6 Å². The van der Waals surface area contributed by atoms with Crippen LogP contribution in [-0.4, -0.2) is 31.1 Å². The molecule has 8 heteroatoms. The molecule has 2 aromatic rings. The fourth-order valence-corrected chi connectivity index (χ4v) is 2.34. The minimum Gasteiger partial charge on any atom is -0.484 e. The molecule has 0 saturated carbocycles. The van der Waals surface area contributed by atoms with Crippen LogP contribution in [0.3, 0.4) is 0 Å². The van der Waals surface area contributed by atoms with Crippen LogP contribution in [0, 0.1) is 0 Å². The second kappa shape index (κ2) is 10.3. The van der Waals surface area contributed by atoms with E-state index in [-0.39, 0.29) is 30.5 Å². The third kappa shape index (κ3) is 8.11. The van der Waals surface area contributed by atoms with Gasteiger partial charge in [-0.15, -0.1) is 0 Å². The van der Waals surface area contributed by atoms with Gasteiger partial charge >= 0.3 is 6.18 Å². The monoisotopic (exact) mass is 394 g/mol. The van der Waals surface area contributed by atoms with Crippen LogP contribution < -0.4 is 15.4 Å². The smallest absolute Gasteiger partial charge is 0.422 e. The molecule has 2 N–H and O–H groups in total. The van der Waals surface area contributed by atoms with Crippen LogP contribution in [0.4, 0.5) is 13.2 Å². The Morgan fingerprint density at radius 2 is 1.71 bits per heavy atom. The maximum absolute atomic E-state index is 12.2. The number of benzene rings is 2. The molecule has 0 aliphatic rings. The van der Waals surface area contributed by atoms with Crippen molar-refractivity contribution in [3.05, 3.63) is 65.7 Å². The molecule has 0 atom stereocenters. The second-order valence-corrected chi connectivity index (χ2v) is 6.05. The first-order valence-electron chi connectivity index (χ1n) is 8.72. The molecule has 0 fully saturated rings. The molecule has 0 aromatic heterocycles. The van der Waals surface area contributed by atoms with Gasteiger partial charge in [-0.2, -0.15) is 13.2 Å². The van der Waals surface area contributed by atoms with Gasteiger partial charge in [-0.25, -0.2) is 0 Å². The lowest BCUT2D eigenvalue weighted by Gasteiger charge is -2.11. The van der Waals surface area contributed by atoms with E-state index in [1.807, 2.05) is 6.07 Å². The van der Waals surface area contributed by atoms with Gasteiger partial charge in [0.25, 0.3) is 5.91 Å². The maximum atomic E-state index is 12.2. The molecule has 28 heavy (non-hydrogen) atoms. The summed E-state index contributed by atoms with van der Waals surface area (Å²) in [5.74, 6) is -0.319. The molecule has 0 bridgehead atoms. The number of amides is 2. The molecule has 0 heterocycles. The van der Waals surface area contributed by atoms with Gasteiger partial charge in [0.15, 0.2) is 6.61 Å². The molecule has 0 spiro atoms. The molecular formula is C20H21F3N2O3. The lowest BCUT2D eigenvalue weighted by atomic mass is 10.2. The number of hydrogen-bond donors (Lipinski definition) is 2. The third-order valence-electron chi connectivity index (χ3n) is 3.69. The van der Waals surface area contributed by atoms with Crippen molar-refractivity contribution >= 4 is 11.8 Å². The van der Waals surface area contributed by atoms with Crippen molar-refractivity contribution in [1.29, 1.82) is 0 Å². The standard InChI is InChI=1S/C20H21F3N2O3/c21-20(22,23)14-28-17-9-4-6-15(12-17)13-25-18(26)10-5-11-24-19(27)16-7-2-1-3-8-16/h1-4,6-9,12H,5,10-11,13-14H2,(H,24,27)(H,25,26). The van der Waals surface area contributed by atoms with E-state index >= 15 is 0 Å². The van der Waals surface area contributed by atoms with Crippen LogP contribution in [0.1, 0.15) is 28.8 Å². The molecular weight excluding hydrogens is 373 g/mol. The highest BCUT2D eigenvalue weighted by Crippen LogP contribution is 2.19. The fraction of sp³-hybridized carbons (Fsp3) is 0.300. The quantitative estimate of drug-likeness (QED) is 0.640. The minimum absolute atomic E-state index is 0.0905. The Hall–Kier alpha value is -3.03. The first-order valence-corrected chi connectivity index (χ1v) is 8.72. The van der Waals surface area contributed by atoms with Crippen molar-refractivity contribution in [2.24, 2.45) is 0 Å². The van der Waals surface area contributed by atoms with Gasteiger partial charge in [0.05, 0.1) is 0 Å². The van der Waals surface area contributed by atoms with Gasteiger partial charge in [-0.1, -0.05) is 30.3 Å². The Morgan fingerprint density at radius 3 is 2.43 bits per heavy atom. The molecule has 0 saturated heterocycles. The molecule has 0 aliphatic carbocycles. The van der Waals surface area contributed by atoms with Gasteiger partial charge in [-0.3, -0.25) is 9.59 Å². The number of ether oxygens (including phenoxy) is 1. The SMILES string of the molecule is O=C(CCCNC(=O)c1ccccc1)NCc1cccc(OCC(F)(F)F)c1. The number of alkyl halides is 3. The topological polar surface area (TPSA) is 67.4 Å². The highest BCUT2D eigenvalue weighted by atomic mass is 19.4. The largest absolute Gasteiger partial charge is 0.484 e. The van der Waals surface area contributed by atoms with E-state index in [0.29, 0.717) is 24.1 Å². The third-order valence-corrected chi connectivity index (χ3v) is 3.69. The lowest BCUT2D eigenvalue weighted by Crippen LogP contribution is -2.27. The summed E-state index contributed by atoms with van der Waals surface area (Å²) in [5, 5.41) is 5.42. The van der Waals surface area contributed by atoms with Gasteiger partial charge in [0.1, 0.15) is 5.75 Å². The van der Waals surface area contributed by atoms with Crippen molar-refractivity contribution in [2.75, 3.05) is 13.2 Å². The highest BCUT2D eigenvalue weighted by molar-refractivity contribution is 5.94. The number of rotatable bonds is 9. The summed E-state index contributed by atoms with van der Waals surface area (Å²) in [7, 11) is 0. The zero-order valence-electron chi connectivity index (χ0n) is 15.1. The first kappa shape index (κ1) is 21.3. The average Bonchev–Trinajstić information content (AvgIpc) is 2.68. The summed E-state index contributed by atoms with van der Waals surface area (Å²) >= 11 is 0. The van der Waals surface area contributed by atoms with Gasteiger partial charge < -0.3 is 15.4 Å². The molecule has 2 amide bonds. The van der Waals surface area contributed by atoms with E-state index < -0.39 is 12.8 Å². The average molecular weight is 394 g/mol. The van der Waals surface area contributed by atoms with Crippen molar-refractivity contribution in [1.82, 2.24) is 10.6 Å². The fourth-order valence-electron chi connectivity index (χ4n) is 2.34. The molecule has 2 aromatic carbocycles. The van der Waals surface area contributed by atoms with E-state index in [2.05, 4.69) is 15.4 Å². The Morgan fingerprint density at radius 1 is 0.964 bits per heavy atom. The van der Waals surface area contributed by atoms with Gasteiger partial charge in [-0.05, 0) is 36.2 Å². The second-order valence-electron chi connectivity index (χ2n) is 6.05. The molecule has 0 unspecified atom stereocenters. The Balaban J connectivity index is 1.66. The van der Waals surface area contributed by atoms with Crippen LogP contribution in [0.25, 0.3) is 0 Å². The summed E-state index contributed by atoms with van der Waals surface area (Å²) < 4.78 is 41.2. The van der Waals surface area contributed by atoms with E-state index in [9.17, 15) is 22.8 Å². The number of carbonyl (C=O) groups excluding carboxylic acids is 2. The lowest BCUT2D eigenvalue weighted by molar-refractivity contribution is -0.153. The maximum Gasteiger partial charge on any atom is 0.422 e. The number of carbonyl (C=O) groups is 2. The number of hydrogen-bond acceptors (Lipinski definition) is 3. The Labute approximate surface area is 160 Å². The van der Waals surface area contributed by atoms with Gasteiger partial charge in [0, 0.05) is 25.1 Å². The minimum atomic E-state index is -4.40. The summed E-state index contributed by atoms with van der Waals surface area (Å²) in [4.78, 5) is 23.7. The van der Waals surface area contributed by atoms with Crippen LogP contribution in [-0.2, 0) is 11.3 Å². The highest BCUT2D eigenvalue weighted by Gasteiger charge is 2.28. The summed E-state index contributed by atoms with van der Waals surface area (Å²) in [5.41, 5.74) is 1.19. The summed E-state index contributed by atoms with van der Waals surface area (Å²) in [6, 6.07) is 14.9. The normalized spacial score (nSPS) is 11.0. The van der Waals surface area contributed by atoms with Crippen LogP contribution in [0.2, 0.25) is 0 Å².